The van der Waals surface area contributed by atoms with Gasteiger partial charge in [-0.3, -0.25) is 4.79 Å². The summed E-state index contributed by atoms with van der Waals surface area (Å²) in [5, 5.41) is 6.46. The summed E-state index contributed by atoms with van der Waals surface area (Å²) in [7, 11) is 0. The molecule has 1 saturated carbocycles. The number of amides is 1. The summed E-state index contributed by atoms with van der Waals surface area (Å²) >= 11 is 0. The number of nitrogens with one attached hydrogen (secondary N) is 2. The van der Waals surface area contributed by atoms with Gasteiger partial charge in [-0.2, -0.15) is 0 Å². The molecule has 1 aliphatic carbocycles. The molecule has 1 aliphatic heterocycles. The van der Waals surface area contributed by atoms with E-state index in [0.29, 0.717) is 5.92 Å². The van der Waals surface area contributed by atoms with Crippen molar-refractivity contribution >= 4 is 5.91 Å². The van der Waals surface area contributed by atoms with Crippen LogP contribution in [0.25, 0.3) is 0 Å². The number of carbonyl (C=O) groups is 1. The van der Waals surface area contributed by atoms with Gasteiger partial charge in [0.25, 0.3) is 0 Å². The normalized spacial score (nSPS) is 25.5. The van der Waals surface area contributed by atoms with Crippen LogP contribution in [0.1, 0.15) is 24.3 Å². The zero-order valence-electron chi connectivity index (χ0n) is 12.6. The van der Waals surface area contributed by atoms with E-state index in [0.717, 1.165) is 52.1 Å². The number of carbonyl (C=O) groups excluding carboxylic acids is 1. The first kappa shape index (κ1) is 14.5. The lowest BCUT2D eigenvalue weighted by atomic mass is 10.1. The SMILES string of the molecule is O=C(NCCCN1CCNCC1)C1CC1c1ccccc1. The quantitative estimate of drug-likeness (QED) is 0.773. The van der Waals surface area contributed by atoms with Gasteiger partial charge in [0, 0.05) is 38.6 Å². The van der Waals surface area contributed by atoms with Crippen LogP contribution in [-0.2, 0) is 4.79 Å². The van der Waals surface area contributed by atoms with Crippen molar-refractivity contribution in [3.05, 3.63) is 35.9 Å². The van der Waals surface area contributed by atoms with E-state index in [2.05, 4.69) is 39.8 Å². The van der Waals surface area contributed by atoms with Crippen LogP contribution >= 0.6 is 0 Å². The van der Waals surface area contributed by atoms with E-state index in [1.54, 1.807) is 0 Å². The predicted molar refractivity (Wildman–Crippen MR) is 84.2 cm³/mol. The molecule has 1 aromatic rings. The molecule has 2 fully saturated rings. The fourth-order valence-corrected chi connectivity index (χ4v) is 3.13. The molecule has 2 unspecified atom stereocenters. The van der Waals surface area contributed by atoms with E-state index in [1.807, 2.05) is 6.07 Å². The fraction of sp³-hybridized carbons (Fsp3) is 0.588. The van der Waals surface area contributed by atoms with Crippen molar-refractivity contribution in [1.29, 1.82) is 0 Å². The van der Waals surface area contributed by atoms with Gasteiger partial charge in [0.2, 0.25) is 5.91 Å². The van der Waals surface area contributed by atoms with E-state index >= 15 is 0 Å². The van der Waals surface area contributed by atoms with Crippen molar-refractivity contribution < 1.29 is 4.79 Å². The van der Waals surface area contributed by atoms with E-state index in [-0.39, 0.29) is 11.8 Å². The Morgan fingerprint density at radius 1 is 1.24 bits per heavy atom. The molecule has 1 amide bonds. The van der Waals surface area contributed by atoms with E-state index in [1.165, 1.54) is 5.56 Å². The first-order chi connectivity index (χ1) is 10.3. The highest BCUT2D eigenvalue weighted by atomic mass is 16.2. The second-order valence-corrected chi connectivity index (χ2v) is 6.10. The second kappa shape index (κ2) is 7.05. The van der Waals surface area contributed by atoms with Crippen LogP contribution < -0.4 is 10.6 Å². The smallest absolute Gasteiger partial charge is 0.223 e. The highest BCUT2D eigenvalue weighted by Gasteiger charge is 2.43. The van der Waals surface area contributed by atoms with Crippen molar-refractivity contribution in [2.24, 2.45) is 5.92 Å². The van der Waals surface area contributed by atoms with Gasteiger partial charge in [-0.1, -0.05) is 30.3 Å². The molecule has 1 saturated heterocycles. The molecule has 0 radical (unpaired) electrons. The first-order valence-electron chi connectivity index (χ1n) is 8.10. The molecule has 1 aromatic carbocycles. The molecule has 3 rings (SSSR count). The number of rotatable bonds is 6. The van der Waals surface area contributed by atoms with Gasteiger partial charge >= 0.3 is 0 Å². The lowest BCUT2D eigenvalue weighted by Gasteiger charge is -2.27. The van der Waals surface area contributed by atoms with Gasteiger partial charge in [-0.15, -0.1) is 0 Å². The third kappa shape index (κ3) is 4.05. The Hall–Kier alpha value is -1.39. The monoisotopic (exact) mass is 287 g/mol. The summed E-state index contributed by atoms with van der Waals surface area (Å²) in [6, 6.07) is 10.4. The van der Waals surface area contributed by atoms with Crippen LogP contribution in [0.4, 0.5) is 0 Å². The van der Waals surface area contributed by atoms with Gasteiger partial charge in [0.05, 0.1) is 0 Å². The summed E-state index contributed by atoms with van der Waals surface area (Å²) in [6.45, 7) is 6.34. The average molecular weight is 287 g/mol. The summed E-state index contributed by atoms with van der Waals surface area (Å²) in [5.41, 5.74) is 1.30. The van der Waals surface area contributed by atoms with E-state index in [9.17, 15) is 4.79 Å². The minimum atomic E-state index is 0.201. The Bertz CT molecular complexity index is 456. The standard InChI is InChI=1S/C17H25N3O/c21-17(16-13-15(16)14-5-2-1-3-6-14)19-7-4-10-20-11-8-18-9-12-20/h1-3,5-6,15-16,18H,4,7-13H2,(H,19,21). The average Bonchev–Trinajstić information content (AvgIpc) is 3.34. The zero-order valence-corrected chi connectivity index (χ0v) is 12.6. The van der Waals surface area contributed by atoms with E-state index < -0.39 is 0 Å². The van der Waals surface area contributed by atoms with Crippen LogP contribution in [0.15, 0.2) is 30.3 Å². The number of hydrogen-bond donors (Lipinski definition) is 2. The summed E-state index contributed by atoms with van der Waals surface area (Å²) in [4.78, 5) is 14.6. The zero-order chi connectivity index (χ0) is 14.5. The van der Waals surface area contributed by atoms with Crippen molar-refractivity contribution in [3.63, 3.8) is 0 Å². The summed E-state index contributed by atoms with van der Waals surface area (Å²) < 4.78 is 0. The van der Waals surface area contributed by atoms with Crippen LogP contribution in [0.3, 0.4) is 0 Å². The third-order valence-corrected chi connectivity index (χ3v) is 4.51. The summed E-state index contributed by atoms with van der Waals surface area (Å²) in [6.07, 6.45) is 2.06. The van der Waals surface area contributed by atoms with Crippen LogP contribution in [0, 0.1) is 5.92 Å². The predicted octanol–water partition coefficient (Wildman–Crippen LogP) is 1.20. The minimum Gasteiger partial charge on any atom is -0.356 e. The van der Waals surface area contributed by atoms with Gasteiger partial charge in [-0.25, -0.2) is 0 Å². The van der Waals surface area contributed by atoms with Crippen LogP contribution in [0.5, 0.6) is 0 Å². The van der Waals surface area contributed by atoms with Gasteiger partial charge < -0.3 is 15.5 Å². The molecule has 1 heterocycles. The first-order valence-corrected chi connectivity index (χ1v) is 8.10. The topological polar surface area (TPSA) is 44.4 Å². The van der Waals surface area contributed by atoms with Crippen molar-refractivity contribution in [2.45, 2.75) is 18.8 Å². The van der Waals surface area contributed by atoms with Crippen molar-refractivity contribution in [2.75, 3.05) is 39.3 Å². The Morgan fingerprint density at radius 2 is 2.00 bits per heavy atom. The summed E-state index contributed by atoms with van der Waals surface area (Å²) in [5.74, 6) is 0.884. The van der Waals surface area contributed by atoms with Gasteiger partial charge in [0.15, 0.2) is 0 Å². The fourth-order valence-electron chi connectivity index (χ4n) is 3.13. The second-order valence-electron chi connectivity index (χ2n) is 6.10. The van der Waals surface area contributed by atoms with Crippen LogP contribution in [0.2, 0.25) is 0 Å². The maximum absolute atomic E-state index is 12.1. The molecule has 4 heteroatoms. The number of nitrogens with zero attached hydrogens (tertiary/aromatic N) is 1. The Kier molecular flexibility index (Phi) is 4.88. The minimum absolute atomic E-state index is 0.201. The van der Waals surface area contributed by atoms with Gasteiger partial charge in [0.1, 0.15) is 0 Å². The largest absolute Gasteiger partial charge is 0.356 e. The maximum atomic E-state index is 12.1. The molecular weight excluding hydrogens is 262 g/mol. The van der Waals surface area contributed by atoms with Crippen LogP contribution in [-0.4, -0.2) is 50.1 Å². The number of benzene rings is 1. The highest BCUT2D eigenvalue weighted by Crippen LogP contribution is 2.47. The Balaban J connectivity index is 1.32. The Morgan fingerprint density at radius 3 is 2.76 bits per heavy atom. The molecular formula is C17H25N3O. The molecule has 2 atom stereocenters. The third-order valence-electron chi connectivity index (χ3n) is 4.51. The molecule has 2 N–H and O–H groups in total. The molecule has 0 bridgehead atoms. The molecule has 4 nitrogen and oxygen atoms in total. The van der Waals surface area contributed by atoms with Gasteiger partial charge in [-0.05, 0) is 30.9 Å². The lowest BCUT2D eigenvalue weighted by molar-refractivity contribution is -0.122. The molecule has 0 spiro atoms. The molecule has 0 aromatic heterocycles. The van der Waals surface area contributed by atoms with Crippen molar-refractivity contribution in [1.82, 2.24) is 15.5 Å². The Labute approximate surface area is 126 Å². The highest BCUT2D eigenvalue weighted by molar-refractivity contribution is 5.82. The van der Waals surface area contributed by atoms with E-state index in [4.69, 9.17) is 0 Å². The molecule has 21 heavy (non-hydrogen) atoms. The number of hydrogen-bond acceptors (Lipinski definition) is 3. The molecule has 114 valence electrons. The van der Waals surface area contributed by atoms with Crippen molar-refractivity contribution in [3.8, 4) is 0 Å². The maximum Gasteiger partial charge on any atom is 0.223 e. The number of piperazine rings is 1. The lowest BCUT2D eigenvalue weighted by Crippen LogP contribution is -2.44. The molecule has 2 aliphatic rings.